The van der Waals surface area contributed by atoms with Crippen molar-refractivity contribution in [3.63, 3.8) is 0 Å². The third-order valence-corrected chi connectivity index (χ3v) is 9.69. The van der Waals surface area contributed by atoms with Gasteiger partial charge in [0.05, 0.1) is 24.7 Å². The van der Waals surface area contributed by atoms with Gasteiger partial charge in [-0.2, -0.15) is 53.5 Å². The number of nitrogens with zero attached hydrogens (tertiary/aromatic N) is 4. The second kappa shape index (κ2) is 15.3. The van der Waals surface area contributed by atoms with Gasteiger partial charge in [-0.3, -0.25) is 0 Å². The van der Waals surface area contributed by atoms with Crippen LogP contribution in [0.3, 0.4) is 0 Å². The van der Waals surface area contributed by atoms with Crippen molar-refractivity contribution < 1.29 is 48.5 Å². The number of para-hydroxylation sites is 4. The Morgan fingerprint density at radius 1 is 0.638 bits per heavy atom. The van der Waals surface area contributed by atoms with E-state index < -0.39 is 103 Å². The quantitative estimate of drug-likeness (QED) is 0.149. The van der Waals surface area contributed by atoms with Gasteiger partial charge in [0.15, 0.2) is 0 Å². The van der Waals surface area contributed by atoms with Gasteiger partial charge in [0.25, 0.3) is 0 Å². The van der Waals surface area contributed by atoms with E-state index in [1.54, 1.807) is 30.5 Å². The van der Waals surface area contributed by atoms with Gasteiger partial charge in [-0.15, -0.1) is 17.7 Å². The average Bonchev–Trinajstić information content (AvgIpc) is 4.11. The van der Waals surface area contributed by atoms with Crippen LogP contribution in [0, 0.1) is 18.8 Å². The summed E-state index contributed by atoms with van der Waals surface area (Å²) in [5.74, 6) is 0.288. The molecule has 0 saturated heterocycles. The Bertz CT molecular complexity index is 3930. The van der Waals surface area contributed by atoms with Crippen LogP contribution >= 0.6 is 0 Å². The summed E-state index contributed by atoms with van der Waals surface area (Å²) in [4.78, 5) is 7.26. The Balaban J connectivity index is 0.00000740. The summed E-state index contributed by atoms with van der Waals surface area (Å²) in [6.07, 6.45) is 1.45. The van der Waals surface area contributed by atoms with Crippen molar-refractivity contribution >= 4 is 44.6 Å². The minimum absolute atomic E-state index is 0. The van der Waals surface area contributed by atoms with Gasteiger partial charge in [0, 0.05) is 62.3 Å². The molecule has 0 saturated carbocycles. The maximum atomic E-state index is 9.41. The largest absolute Gasteiger partial charge is 0.493 e. The first-order valence-electron chi connectivity index (χ1n) is 28.0. The standard InChI is InChI=1S/C53H41N4.Pt/c1-53(2,3)41-30-31-54-51(35-41)57-47-25-11-10-22-45(47)46-29-28-38(34-50(46)57)32-37-16-14-21-42(33-37)55-36-56(49-27-13-12-26-48(49)55)52-43(39-17-6-4-7-18-39)23-15-24-44(52)40-19-8-5-9-20-40;/h4-31,35-36H,32H2,1-3H3;/q-3;/i4D,5D,6D,7D,8D,9D,10D,11D,12D,13D,17D,18D,19D,20D,22D,25D,26D,27D,28D,29D;. The van der Waals surface area contributed by atoms with Crippen molar-refractivity contribution in [1.29, 1.82) is 0 Å². The molecular weight excluding hydrogens is 888 g/mol. The molecule has 286 valence electrons. The summed E-state index contributed by atoms with van der Waals surface area (Å²) in [7, 11) is 0. The number of aromatic nitrogens is 2. The van der Waals surface area contributed by atoms with E-state index in [9.17, 15) is 5.48 Å². The normalized spacial score (nSPS) is 17.4. The van der Waals surface area contributed by atoms with Crippen LogP contribution in [-0.2, 0) is 32.9 Å². The Morgan fingerprint density at radius 3 is 1.98 bits per heavy atom. The van der Waals surface area contributed by atoms with Crippen molar-refractivity contribution in [3.05, 3.63) is 211 Å². The Hall–Kier alpha value is -6.22. The average molecular weight is 949 g/mol. The first-order valence-corrected chi connectivity index (χ1v) is 18.0. The molecule has 0 atom stereocenters. The molecule has 0 fully saturated rings. The number of hydrogen-bond acceptors (Lipinski definition) is 3. The smallest absolute Gasteiger partial charge is 0.135 e. The zero-order valence-corrected chi connectivity index (χ0v) is 33.4. The molecule has 58 heavy (non-hydrogen) atoms. The molecule has 3 heterocycles. The maximum absolute atomic E-state index is 9.41. The molecule has 4 nitrogen and oxygen atoms in total. The van der Waals surface area contributed by atoms with E-state index >= 15 is 0 Å². The number of anilines is 4. The molecule has 1 aliphatic heterocycles. The molecule has 9 aromatic rings. The Morgan fingerprint density at radius 2 is 1.28 bits per heavy atom. The molecule has 7 aromatic carbocycles. The van der Waals surface area contributed by atoms with E-state index in [1.165, 1.54) is 39.2 Å². The zero-order valence-electron chi connectivity index (χ0n) is 51.1. The zero-order chi connectivity index (χ0) is 55.9. The van der Waals surface area contributed by atoms with Gasteiger partial charge in [-0.25, -0.2) is 4.98 Å². The van der Waals surface area contributed by atoms with Gasteiger partial charge in [0.2, 0.25) is 0 Å². The van der Waals surface area contributed by atoms with Crippen molar-refractivity contribution in [2.24, 2.45) is 0 Å². The number of rotatable bonds is 7. The van der Waals surface area contributed by atoms with Crippen LogP contribution in [0.5, 0.6) is 0 Å². The van der Waals surface area contributed by atoms with Gasteiger partial charge >= 0.3 is 0 Å². The van der Waals surface area contributed by atoms with E-state index in [0.717, 1.165) is 5.56 Å². The molecule has 0 radical (unpaired) electrons. The SMILES string of the molecule is [2H]c1c([2H])c([2H])c(-c2cccc(-c3c([2H])c([2H])c([2H])c([2H])c3[2H])c2N2[CH-]N(c3[c-]c(Cc4[c-]c5c(c([2H])c4[2H])c4c([2H])c([2H])c([2H])c([2H])c4n5-c4cc(C(C)(C)C)ccn4)ccc3)c3c([2H])c([2H])c([2H])c([2H])c32)c([2H])c1[2H].[Pt]. The van der Waals surface area contributed by atoms with Gasteiger partial charge in [-0.1, -0.05) is 135 Å². The Kier molecular flexibility index (Phi) is 5.52. The van der Waals surface area contributed by atoms with Crippen LogP contribution in [0.4, 0.5) is 22.7 Å². The summed E-state index contributed by atoms with van der Waals surface area (Å²) in [5, 5.41) is 0.0786. The van der Waals surface area contributed by atoms with Crippen LogP contribution in [0.1, 0.15) is 64.9 Å². The first kappa shape index (κ1) is 21.0. The fraction of sp³-hybridized carbons (Fsp3) is 0.0943. The number of benzene rings is 7. The molecule has 0 aliphatic carbocycles. The van der Waals surface area contributed by atoms with Crippen molar-refractivity contribution in [2.45, 2.75) is 32.6 Å². The van der Waals surface area contributed by atoms with E-state index in [4.69, 9.17) is 21.9 Å². The van der Waals surface area contributed by atoms with Gasteiger partial charge in [0.1, 0.15) is 5.82 Å². The summed E-state index contributed by atoms with van der Waals surface area (Å²) >= 11 is 0. The first-order chi connectivity index (χ1) is 36.2. The van der Waals surface area contributed by atoms with Crippen LogP contribution < -0.4 is 9.80 Å². The second-order valence-corrected chi connectivity index (χ2v) is 14.3. The van der Waals surface area contributed by atoms with E-state index in [2.05, 4.69) is 17.1 Å². The molecule has 0 spiro atoms. The Labute approximate surface area is 383 Å². The third kappa shape index (κ3) is 6.72. The number of pyridine rings is 1. The summed E-state index contributed by atoms with van der Waals surface area (Å²) < 4.78 is 179. The monoisotopic (exact) mass is 948 g/mol. The topological polar surface area (TPSA) is 24.3 Å². The van der Waals surface area contributed by atoms with Crippen molar-refractivity contribution in [3.8, 4) is 28.1 Å². The van der Waals surface area contributed by atoms with E-state index in [0.29, 0.717) is 5.56 Å². The predicted octanol–water partition coefficient (Wildman–Crippen LogP) is 13.4. The molecule has 5 heteroatoms. The summed E-state index contributed by atoms with van der Waals surface area (Å²) in [5.41, 5.74) is -0.0937. The van der Waals surface area contributed by atoms with E-state index in [1.807, 2.05) is 26.8 Å². The molecule has 0 unspecified atom stereocenters. The van der Waals surface area contributed by atoms with Gasteiger partial charge in [-0.05, 0) is 65.5 Å². The predicted molar refractivity (Wildman–Crippen MR) is 237 cm³/mol. The van der Waals surface area contributed by atoms with E-state index in [-0.39, 0.29) is 129 Å². The number of hydrogen-bond donors (Lipinski definition) is 0. The molecule has 2 aromatic heterocycles. The molecule has 10 rings (SSSR count). The molecular formula is C53H41N4Pt-3. The van der Waals surface area contributed by atoms with Crippen LogP contribution in [-0.4, -0.2) is 9.55 Å². The third-order valence-electron chi connectivity index (χ3n) is 9.69. The maximum Gasteiger partial charge on any atom is 0.135 e. The summed E-state index contributed by atoms with van der Waals surface area (Å²) in [6, 6.07) is 7.52. The van der Waals surface area contributed by atoms with Crippen LogP contribution in [0.25, 0.3) is 49.9 Å². The second-order valence-electron chi connectivity index (χ2n) is 14.3. The minimum Gasteiger partial charge on any atom is -0.493 e. The molecule has 0 bridgehead atoms. The van der Waals surface area contributed by atoms with Crippen LogP contribution in [0.15, 0.2) is 176 Å². The fourth-order valence-corrected chi connectivity index (χ4v) is 7.02. The number of fused-ring (bicyclic) bond motifs is 4. The van der Waals surface area contributed by atoms with Crippen LogP contribution in [0.2, 0.25) is 0 Å². The molecule has 0 amide bonds. The van der Waals surface area contributed by atoms with Gasteiger partial charge < -0.3 is 14.4 Å². The summed E-state index contributed by atoms with van der Waals surface area (Å²) in [6.45, 7) is 7.35. The molecule has 0 N–H and O–H groups in total. The van der Waals surface area contributed by atoms with Crippen molar-refractivity contribution in [2.75, 3.05) is 9.80 Å². The van der Waals surface area contributed by atoms with Crippen molar-refractivity contribution in [1.82, 2.24) is 9.55 Å². The molecule has 1 aliphatic rings. The fourth-order valence-electron chi connectivity index (χ4n) is 7.02. The minimum atomic E-state index is -0.704.